The fourth-order valence-corrected chi connectivity index (χ4v) is 2.16. The van der Waals surface area contributed by atoms with Gasteiger partial charge in [-0.05, 0) is 24.6 Å². The van der Waals surface area contributed by atoms with Crippen LogP contribution in [0.4, 0.5) is 13.2 Å². The summed E-state index contributed by atoms with van der Waals surface area (Å²) in [6.45, 7) is 0.274. The van der Waals surface area contributed by atoms with Crippen molar-refractivity contribution in [2.24, 2.45) is 5.92 Å². The maximum absolute atomic E-state index is 12.6. The summed E-state index contributed by atoms with van der Waals surface area (Å²) in [5.41, 5.74) is -0.969. The minimum atomic E-state index is -4.51. The maximum atomic E-state index is 12.6. The lowest BCUT2D eigenvalue weighted by Gasteiger charge is -2.16. The van der Waals surface area contributed by atoms with E-state index in [1.165, 1.54) is 17.0 Å². The molecule has 0 aliphatic carbocycles. The fourth-order valence-electron chi connectivity index (χ4n) is 2.16. The number of carbonyl (C=O) groups is 2. The van der Waals surface area contributed by atoms with Gasteiger partial charge < -0.3 is 10.0 Å². The summed E-state index contributed by atoms with van der Waals surface area (Å²) >= 11 is 0. The molecule has 20 heavy (non-hydrogen) atoms. The first-order valence-electron chi connectivity index (χ1n) is 5.98. The summed E-state index contributed by atoms with van der Waals surface area (Å²) in [4.78, 5) is 24.1. The number of aliphatic carboxylic acids is 1. The van der Waals surface area contributed by atoms with Crippen molar-refractivity contribution in [1.29, 1.82) is 0 Å². The lowest BCUT2D eigenvalue weighted by Crippen LogP contribution is -2.30. The molecule has 7 heteroatoms. The molecule has 1 aromatic carbocycles. The molecule has 1 amide bonds. The molecule has 108 valence electrons. The van der Waals surface area contributed by atoms with Gasteiger partial charge in [0.05, 0.1) is 11.5 Å². The van der Waals surface area contributed by atoms with Crippen LogP contribution in [-0.4, -0.2) is 35.0 Å². The summed E-state index contributed by atoms with van der Waals surface area (Å²) in [5.74, 6) is -2.21. The molecule has 1 atom stereocenters. The fraction of sp³-hybridized carbons (Fsp3) is 0.385. The van der Waals surface area contributed by atoms with Gasteiger partial charge in [0.1, 0.15) is 0 Å². The topological polar surface area (TPSA) is 57.6 Å². The van der Waals surface area contributed by atoms with E-state index in [1.54, 1.807) is 0 Å². The van der Waals surface area contributed by atoms with Crippen LogP contribution in [0.15, 0.2) is 24.3 Å². The molecule has 0 bridgehead atoms. The van der Waals surface area contributed by atoms with Crippen LogP contribution in [0.5, 0.6) is 0 Å². The van der Waals surface area contributed by atoms with Gasteiger partial charge in [-0.15, -0.1) is 0 Å². The lowest BCUT2D eigenvalue weighted by molar-refractivity contribution is -0.141. The molecule has 1 N–H and O–H groups in total. The highest BCUT2D eigenvalue weighted by Gasteiger charge is 2.33. The van der Waals surface area contributed by atoms with Crippen LogP contribution in [-0.2, 0) is 11.0 Å². The number of carboxylic acid groups (broad SMARTS) is 1. The first kappa shape index (κ1) is 14.4. The van der Waals surface area contributed by atoms with Gasteiger partial charge in [-0.3, -0.25) is 9.59 Å². The van der Waals surface area contributed by atoms with Gasteiger partial charge in [0, 0.05) is 18.7 Å². The van der Waals surface area contributed by atoms with Crippen LogP contribution in [0.1, 0.15) is 22.3 Å². The van der Waals surface area contributed by atoms with Crippen LogP contribution in [0.2, 0.25) is 0 Å². The summed E-state index contributed by atoms with van der Waals surface area (Å²) in [7, 11) is 0. The number of halogens is 3. The summed E-state index contributed by atoms with van der Waals surface area (Å²) in [6.07, 6.45) is -4.19. The number of benzene rings is 1. The Morgan fingerprint density at radius 2 is 2.00 bits per heavy atom. The Balaban J connectivity index is 2.16. The van der Waals surface area contributed by atoms with Crippen molar-refractivity contribution >= 4 is 11.9 Å². The average molecular weight is 287 g/mol. The molecule has 1 aliphatic rings. The van der Waals surface area contributed by atoms with E-state index in [0.29, 0.717) is 6.42 Å². The lowest BCUT2D eigenvalue weighted by atomic mass is 10.1. The van der Waals surface area contributed by atoms with Gasteiger partial charge in [-0.25, -0.2) is 0 Å². The number of rotatable bonds is 2. The van der Waals surface area contributed by atoms with E-state index in [9.17, 15) is 22.8 Å². The van der Waals surface area contributed by atoms with Gasteiger partial charge in [0.25, 0.3) is 5.91 Å². The second kappa shape index (κ2) is 5.15. The Morgan fingerprint density at radius 1 is 1.30 bits per heavy atom. The zero-order chi connectivity index (χ0) is 14.9. The molecular formula is C13H12F3NO3. The Bertz CT molecular complexity index is 542. The predicted octanol–water partition coefficient (Wildman–Crippen LogP) is 2.25. The molecular weight excluding hydrogens is 275 g/mol. The number of amides is 1. The van der Waals surface area contributed by atoms with E-state index >= 15 is 0 Å². The third kappa shape index (κ3) is 2.92. The molecule has 0 radical (unpaired) electrons. The number of nitrogens with zero attached hydrogens (tertiary/aromatic N) is 1. The molecule has 0 saturated carbocycles. The Morgan fingerprint density at radius 3 is 2.55 bits per heavy atom. The van der Waals surface area contributed by atoms with E-state index in [2.05, 4.69) is 0 Å². The summed E-state index contributed by atoms with van der Waals surface area (Å²) in [5, 5.41) is 8.85. The maximum Gasteiger partial charge on any atom is 0.416 e. The van der Waals surface area contributed by atoms with Crippen LogP contribution in [0, 0.1) is 5.92 Å². The van der Waals surface area contributed by atoms with E-state index in [4.69, 9.17) is 5.11 Å². The number of likely N-dealkylation sites (tertiary alicyclic amines) is 1. The molecule has 1 saturated heterocycles. The quantitative estimate of drug-likeness (QED) is 0.907. The molecule has 0 spiro atoms. The zero-order valence-corrected chi connectivity index (χ0v) is 10.4. The third-order valence-corrected chi connectivity index (χ3v) is 3.26. The standard InChI is InChI=1S/C13H12F3NO3/c14-13(15,16)10-3-1-2-8(6-10)11(18)17-5-4-9(7-17)12(19)20/h1-3,6,9H,4-5,7H2,(H,19,20). The Hall–Kier alpha value is -2.05. The van der Waals surface area contributed by atoms with Gasteiger partial charge in [-0.1, -0.05) is 6.07 Å². The minimum absolute atomic E-state index is 0.0322. The van der Waals surface area contributed by atoms with Crippen molar-refractivity contribution in [3.8, 4) is 0 Å². The summed E-state index contributed by atoms with van der Waals surface area (Å²) in [6, 6.07) is 4.14. The van der Waals surface area contributed by atoms with Crippen molar-refractivity contribution in [2.45, 2.75) is 12.6 Å². The zero-order valence-electron chi connectivity index (χ0n) is 10.4. The number of carboxylic acids is 1. The first-order valence-corrected chi connectivity index (χ1v) is 5.98. The van der Waals surface area contributed by atoms with Gasteiger partial charge in [0.15, 0.2) is 0 Å². The van der Waals surface area contributed by atoms with E-state index < -0.39 is 29.5 Å². The number of hydrogen-bond acceptors (Lipinski definition) is 2. The number of alkyl halides is 3. The minimum Gasteiger partial charge on any atom is -0.481 e. The number of carbonyl (C=O) groups excluding carboxylic acids is 1. The Kier molecular flexibility index (Phi) is 3.69. The second-order valence-electron chi connectivity index (χ2n) is 4.65. The van der Waals surface area contributed by atoms with Crippen LogP contribution < -0.4 is 0 Å². The normalized spacial score (nSPS) is 19.1. The highest BCUT2D eigenvalue weighted by molar-refractivity contribution is 5.95. The molecule has 1 aliphatic heterocycles. The second-order valence-corrected chi connectivity index (χ2v) is 4.65. The van der Waals surface area contributed by atoms with Gasteiger partial charge in [-0.2, -0.15) is 13.2 Å². The molecule has 4 nitrogen and oxygen atoms in total. The van der Waals surface area contributed by atoms with Gasteiger partial charge >= 0.3 is 12.1 Å². The predicted molar refractivity (Wildman–Crippen MR) is 63.1 cm³/mol. The molecule has 1 heterocycles. The largest absolute Gasteiger partial charge is 0.481 e. The first-order chi connectivity index (χ1) is 9.29. The van der Waals surface area contributed by atoms with E-state index in [-0.39, 0.29) is 18.7 Å². The van der Waals surface area contributed by atoms with E-state index in [0.717, 1.165) is 12.1 Å². The van der Waals surface area contributed by atoms with Crippen molar-refractivity contribution in [1.82, 2.24) is 4.90 Å². The molecule has 1 unspecified atom stereocenters. The van der Waals surface area contributed by atoms with E-state index in [1.807, 2.05) is 0 Å². The Labute approximate surface area is 112 Å². The van der Waals surface area contributed by atoms with Crippen LogP contribution in [0.3, 0.4) is 0 Å². The smallest absolute Gasteiger partial charge is 0.416 e. The van der Waals surface area contributed by atoms with Crippen molar-refractivity contribution in [2.75, 3.05) is 13.1 Å². The van der Waals surface area contributed by atoms with Crippen molar-refractivity contribution < 1.29 is 27.9 Å². The molecule has 2 rings (SSSR count). The van der Waals surface area contributed by atoms with Crippen LogP contribution in [0.25, 0.3) is 0 Å². The molecule has 1 aromatic rings. The monoisotopic (exact) mass is 287 g/mol. The highest BCUT2D eigenvalue weighted by Crippen LogP contribution is 2.30. The van der Waals surface area contributed by atoms with Crippen LogP contribution >= 0.6 is 0 Å². The molecule has 0 aromatic heterocycles. The third-order valence-electron chi connectivity index (χ3n) is 3.26. The van der Waals surface area contributed by atoms with Crippen molar-refractivity contribution in [3.63, 3.8) is 0 Å². The SMILES string of the molecule is O=C(O)C1CCN(C(=O)c2cccc(C(F)(F)F)c2)C1. The van der Waals surface area contributed by atoms with Gasteiger partial charge in [0.2, 0.25) is 0 Å². The average Bonchev–Trinajstić information content (AvgIpc) is 2.87. The molecule has 1 fully saturated rings. The highest BCUT2D eigenvalue weighted by atomic mass is 19.4. The summed E-state index contributed by atoms with van der Waals surface area (Å²) < 4.78 is 37.7. The van der Waals surface area contributed by atoms with Crippen molar-refractivity contribution in [3.05, 3.63) is 35.4 Å². The number of hydrogen-bond donors (Lipinski definition) is 1.